The number of morpholine rings is 1. The lowest BCUT2D eigenvalue weighted by atomic mass is 9.95. The van der Waals surface area contributed by atoms with E-state index >= 15 is 0 Å². The first-order chi connectivity index (χ1) is 14.0. The van der Waals surface area contributed by atoms with Crippen molar-refractivity contribution in [3.63, 3.8) is 0 Å². The molecular weight excluding hydrogens is 386 g/mol. The summed E-state index contributed by atoms with van der Waals surface area (Å²) in [5.74, 6) is 1.30. The Labute approximate surface area is 176 Å². The smallest absolute Gasteiger partial charge is 0.223 e. The Balaban J connectivity index is 1.33. The molecule has 0 saturated carbocycles. The van der Waals surface area contributed by atoms with Crippen molar-refractivity contribution in [2.45, 2.75) is 39.7 Å². The summed E-state index contributed by atoms with van der Waals surface area (Å²) in [5, 5.41) is 4.41. The molecule has 0 spiro atoms. The minimum absolute atomic E-state index is 0.0843. The van der Waals surface area contributed by atoms with Gasteiger partial charge in [-0.25, -0.2) is 9.97 Å². The molecule has 4 rings (SSSR count). The molecule has 1 amide bonds. The van der Waals surface area contributed by atoms with Gasteiger partial charge < -0.3 is 15.0 Å². The number of aryl methyl sites for hydroxylation is 2. The number of hydrogen-bond donors (Lipinski definition) is 1. The molecule has 0 aliphatic carbocycles. The highest BCUT2D eigenvalue weighted by molar-refractivity contribution is 7.18. The van der Waals surface area contributed by atoms with Gasteiger partial charge in [-0.05, 0) is 39.2 Å². The third kappa shape index (κ3) is 4.54. The van der Waals surface area contributed by atoms with Gasteiger partial charge in [0.2, 0.25) is 5.91 Å². The van der Waals surface area contributed by atoms with Crippen molar-refractivity contribution >= 4 is 33.3 Å². The summed E-state index contributed by atoms with van der Waals surface area (Å²) < 4.78 is 5.40. The molecule has 1 unspecified atom stereocenters. The second kappa shape index (κ2) is 8.93. The van der Waals surface area contributed by atoms with Crippen molar-refractivity contribution in [3.05, 3.63) is 16.8 Å². The van der Waals surface area contributed by atoms with E-state index in [9.17, 15) is 4.79 Å². The topological polar surface area (TPSA) is 70.6 Å². The monoisotopic (exact) mass is 417 g/mol. The van der Waals surface area contributed by atoms with Crippen LogP contribution in [0.1, 0.15) is 30.2 Å². The molecule has 1 N–H and O–H groups in total. The minimum atomic E-state index is 0.0843. The van der Waals surface area contributed by atoms with E-state index in [1.54, 1.807) is 17.7 Å². The quantitative estimate of drug-likeness (QED) is 0.805. The van der Waals surface area contributed by atoms with Crippen LogP contribution >= 0.6 is 11.3 Å². The Morgan fingerprint density at radius 1 is 1.24 bits per heavy atom. The van der Waals surface area contributed by atoms with Gasteiger partial charge in [-0.1, -0.05) is 0 Å². The van der Waals surface area contributed by atoms with Gasteiger partial charge >= 0.3 is 0 Å². The number of nitrogens with one attached hydrogen (secondary N) is 1. The molecule has 4 heterocycles. The predicted octanol–water partition coefficient (Wildman–Crippen LogP) is 2.36. The Hall–Kier alpha value is -1.77. The highest BCUT2D eigenvalue weighted by atomic mass is 32.1. The van der Waals surface area contributed by atoms with Gasteiger partial charge in [0.05, 0.1) is 18.6 Å². The molecule has 0 radical (unpaired) electrons. The standard InChI is InChI=1S/C21H31N5O2S/c1-14(12-25-8-10-28-11-9-25)24-20(27)17-4-6-26(7-5-17)19-18-15(2)16(3)29-21(18)23-13-22-19/h13-14,17H,4-12H2,1-3H3,(H,24,27). The predicted molar refractivity (Wildman–Crippen MR) is 117 cm³/mol. The lowest BCUT2D eigenvalue weighted by Crippen LogP contribution is -2.48. The number of thiophene rings is 1. The number of carbonyl (C=O) groups excluding carboxylic acids is 1. The summed E-state index contributed by atoms with van der Waals surface area (Å²) in [6, 6.07) is 0.163. The van der Waals surface area contributed by atoms with Crippen LogP contribution in [0.2, 0.25) is 0 Å². The van der Waals surface area contributed by atoms with Crippen molar-refractivity contribution in [1.29, 1.82) is 0 Å². The minimum Gasteiger partial charge on any atom is -0.379 e. The summed E-state index contributed by atoms with van der Waals surface area (Å²) in [4.78, 5) is 28.8. The fraction of sp³-hybridized carbons (Fsp3) is 0.667. The Morgan fingerprint density at radius 3 is 2.69 bits per heavy atom. The van der Waals surface area contributed by atoms with Crippen molar-refractivity contribution in [1.82, 2.24) is 20.2 Å². The van der Waals surface area contributed by atoms with Gasteiger partial charge in [-0.2, -0.15) is 0 Å². The van der Waals surface area contributed by atoms with E-state index in [4.69, 9.17) is 4.74 Å². The first-order valence-corrected chi connectivity index (χ1v) is 11.4. The average molecular weight is 418 g/mol. The number of fused-ring (bicyclic) bond motifs is 1. The molecule has 0 aromatic carbocycles. The van der Waals surface area contributed by atoms with Crippen LogP contribution in [-0.2, 0) is 9.53 Å². The molecule has 2 saturated heterocycles. The maximum atomic E-state index is 12.8. The molecule has 2 fully saturated rings. The van der Waals surface area contributed by atoms with Gasteiger partial charge in [0, 0.05) is 49.6 Å². The molecule has 2 aliphatic rings. The average Bonchev–Trinajstić information content (AvgIpc) is 3.02. The maximum Gasteiger partial charge on any atom is 0.223 e. The summed E-state index contributed by atoms with van der Waals surface area (Å²) in [6.45, 7) is 12.5. The molecule has 2 aliphatic heterocycles. The van der Waals surface area contributed by atoms with Crippen LogP contribution in [0.5, 0.6) is 0 Å². The second-order valence-corrected chi connectivity index (χ2v) is 9.45. The summed E-state index contributed by atoms with van der Waals surface area (Å²) >= 11 is 1.73. The van der Waals surface area contributed by atoms with E-state index in [0.29, 0.717) is 0 Å². The van der Waals surface area contributed by atoms with E-state index in [-0.39, 0.29) is 17.9 Å². The zero-order chi connectivity index (χ0) is 20.4. The van der Waals surface area contributed by atoms with Crippen LogP contribution in [-0.4, -0.2) is 72.8 Å². The second-order valence-electron chi connectivity index (χ2n) is 8.24. The van der Waals surface area contributed by atoms with Gasteiger partial charge in [0.25, 0.3) is 0 Å². The number of rotatable bonds is 5. The lowest BCUT2D eigenvalue weighted by molar-refractivity contribution is -0.126. The summed E-state index contributed by atoms with van der Waals surface area (Å²) in [5.41, 5.74) is 1.28. The van der Waals surface area contributed by atoms with Crippen LogP contribution in [0, 0.1) is 19.8 Å². The van der Waals surface area contributed by atoms with Crippen LogP contribution in [0.3, 0.4) is 0 Å². The van der Waals surface area contributed by atoms with E-state index in [1.165, 1.54) is 15.8 Å². The highest BCUT2D eigenvalue weighted by Crippen LogP contribution is 2.35. The largest absolute Gasteiger partial charge is 0.379 e. The molecule has 1 atom stereocenters. The molecule has 8 heteroatoms. The van der Waals surface area contributed by atoms with Crippen molar-refractivity contribution in [2.24, 2.45) is 5.92 Å². The number of ether oxygens (including phenoxy) is 1. The Morgan fingerprint density at radius 2 is 1.97 bits per heavy atom. The van der Waals surface area contributed by atoms with Crippen molar-refractivity contribution < 1.29 is 9.53 Å². The van der Waals surface area contributed by atoms with Crippen molar-refractivity contribution in [3.8, 4) is 0 Å². The maximum absolute atomic E-state index is 12.8. The number of amides is 1. The normalized spacial score (nSPS) is 20.2. The molecule has 2 aromatic heterocycles. The van der Waals surface area contributed by atoms with Crippen LogP contribution in [0.25, 0.3) is 10.2 Å². The van der Waals surface area contributed by atoms with Crippen LogP contribution in [0.15, 0.2) is 6.33 Å². The highest BCUT2D eigenvalue weighted by Gasteiger charge is 2.28. The van der Waals surface area contributed by atoms with Crippen LogP contribution < -0.4 is 10.2 Å². The number of aromatic nitrogens is 2. The molecule has 7 nitrogen and oxygen atoms in total. The Bertz CT molecular complexity index is 856. The number of nitrogens with zero attached hydrogens (tertiary/aromatic N) is 4. The lowest BCUT2D eigenvalue weighted by Gasteiger charge is -2.34. The summed E-state index contributed by atoms with van der Waals surface area (Å²) in [6.07, 6.45) is 3.40. The first-order valence-electron chi connectivity index (χ1n) is 10.6. The third-order valence-corrected chi connectivity index (χ3v) is 7.25. The first kappa shape index (κ1) is 20.5. The molecule has 2 aromatic rings. The number of piperidine rings is 1. The zero-order valence-electron chi connectivity index (χ0n) is 17.6. The van der Waals surface area contributed by atoms with E-state index in [0.717, 1.165) is 69.4 Å². The molecular formula is C21H31N5O2S. The number of carbonyl (C=O) groups is 1. The van der Waals surface area contributed by atoms with E-state index < -0.39 is 0 Å². The Kier molecular flexibility index (Phi) is 6.32. The van der Waals surface area contributed by atoms with Gasteiger partial charge in [0.15, 0.2) is 0 Å². The van der Waals surface area contributed by atoms with Gasteiger partial charge in [-0.15, -0.1) is 11.3 Å². The molecule has 0 bridgehead atoms. The van der Waals surface area contributed by atoms with Gasteiger partial charge in [0.1, 0.15) is 17.0 Å². The third-order valence-electron chi connectivity index (χ3n) is 6.14. The molecule has 29 heavy (non-hydrogen) atoms. The molecule has 158 valence electrons. The van der Waals surface area contributed by atoms with Gasteiger partial charge in [-0.3, -0.25) is 9.69 Å². The van der Waals surface area contributed by atoms with Crippen molar-refractivity contribution in [2.75, 3.05) is 50.8 Å². The number of anilines is 1. The van der Waals surface area contributed by atoms with E-state index in [1.807, 2.05) is 0 Å². The zero-order valence-corrected chi connectivity index (χ0v) is 18.4. The fourth-order valence-electron chi connectivity index (χ4n) is 4.33. The van der Waals surface area contributed by atoms with E-state index in [2.05, 4.69) is 45.9 Å². The number of hydrogen-bond acceptors (Lipinski definition) is 7. The van der Waals surface area contributed by atoms with Crippen LogP contribution in [0.4, 0.5) is 5.82 Å². The fourth-order valence-corrected chi connectivity index (χ4v) is 5.33. The summed E-state index contributed by atoms with van der Waals surface area (Å²) in [7, 11) is 0. The SMILES string of the molecule is Cc1sc2ncnc(N3CCC(C(=O)NC(C)CN4CCOCC4)CC3)c2c1C.